The summed E-state index contributed by atoms with van der Waals surface area (Å²) in [7, 11) is 2.26. The lowest BCUT2D eigenvalue weighted by Gasteiger charge is -2.35. The van der Waals surface area contributed by atoms with E-state index in [2.05, 4.69) is 35.2 Å². The quantitative estimate of drug-likeness (QED) is 0.509. The first-order chi connectivity index (χ1) is 7.00. The van der Waals surface area contributed by atoms with E-state index in [4.69, 9.17) is 4.74 Å². The van der Waals surface area contributed by atoms with E-state index in [0.717, 1.165) is 6.42 Å². The molecule has 0 radical (unpaired) electrons. The third-order valence-electron chi connectivity index (χ3n) is 3.38. The Hall–Kier alpha value is -0.235. The molecule has 0 N–H and O–H groups in total. The molecule has 0 aromatic rings. The fourth-order valence-electron chi connectivity index (χ4n) is 2.47. The summed E-state index contributed by atoms with van der Waals surface area (Å²) in [5, 5.41) is 0. The van der Waals surface area contributed by atoms with E-state index in [-0.39, 0.29) is 0 Å². The Morgan fingerprint density at radius 2 is 2.00 bits per heavy atom. The highest BCUT2D eigenvalue weighted by atomic mass is 16.5. The van der Waals surface area contributed by atoms with Gasteiger partial charge in [-0.15, -0.1) is 6.58 Å². The normalized spacial score (nSPS) is 30.9. The first-order valence-corrected chi connectivity index (χ1v) is 6.30. The molecule has 1 nitrogen and oxygen atoms in total. The van der Waals surface area contributed by atoms with E-state index in [0.29, 0.717) is 23.9 Å². The Labute approximate surface area is 95.7 Å². The minimum atomic E-state index is 0.461. The molecule has 1 saturated heterocycles. The summed E-state index contributed by atoms with van der Waals surface area (Å²) in [4.78, 5) is 0. The van der Waals surface area contributed by atoms with Crippen LogP contribution >= 0.6 is 0 Å². The van der Waals surface area contributed by atoms with E-state index < -0.39 is 0 Å². The highest BCUT2D eigenvalue weighted by Crippen LogP contribution is 2.31. The van der Waals surface area contributed by atoms with Gasteiger partial charge in [0.05, 0.1) is 12.2 Å². The van der Waals surface area contributed by atoms with Gasteiger partial charge in [-0.25, -0.2) is 0 Å². The summed E-state index contributed by atoms with van der Waals surface area (Å²) in [6.45, 7) is 10.7. The number of hydrogen-bond donors (Lipinski definition) is 0. The zero-order valence-corrected chi connectivity index (χ0v) is 10.8. The lowest BCUT2D eigenvalue weighted by Crippen LogP contribution is -2.34. The van der Waals surface area contributed by atoms with Crippen molar-refractivity contribution in [1.29, 1.82) is 0 Å². The van der Waals surface area contributed by atoms with Crippen molar-refractivity contribution in [2.24, 2.45) is 5.92 Å². The van der Waals surface area contributed by atoms with Crippen LogP contribution in [0.5, 0.6) is 0 Å². The molecule has 0 aromatic carbocycles. The molecule has 2 heteroatoms. The minimum Gasteiger partial charge on any atom is -0.375 e. The van der Waals surface area contributed by atoms with Crippen LogP contribution in [0.15, 0.2) is 12.2 Å². The molecule has 1 aliphatic heterocycles. The first kappa shape index (κ1) is 12.8. The maximum atomic E-state index is 6.17. The molecule has 1 heterocycles. The zero-order valence-electron chi connectivity index (χ0n) is 10.8. The number of rotatable bonds is 4. The molecular weight excluding hydrogens is 183 g/mol. The molecule has 4 atom stereocenters. The van der Waals surface area contributed by atoms with Crippen LogP contribution in [-0.4, -0.2) is 20.1 Å². The van der Waals surface area contributed by atoms with E-state index in [1.165, 1.54) is 24.8 Å². The second-order valence-electron chi connectivity index (χ2n) is 5.53. The van der Waals surface area contributed by atoms with Crippen LogP contribution in [0.4, 0.5) is 0 Å². The molecule has 86 valence electrons. The van der Waals surface area contributed by atoms with Crippen molar-refractivity contribution in [2.45, 2.75) is 64.5 Å². The fourth-order valence-corrected chi connectivity index (χ4v) is 2.47. The molecule has 0 spiro atoms. The van der Waals surface area contributed by atoms with Gasteiger partial charge in [0, 0.05) is 0 Å². The van der Waals surface area contributed by atoms with Crippen LogP contribution in [-0.2, 0) is 4.74 Å². The summed E-state index contributed by atoms with van der Waals surface area (Å²) in [6, 6.07) is 0. The number of ether oxygens (including phenoxy) is 1. The summed E-state index contributed by atoms with van der Waals surface area (Å²) in [5.41, 5.74) is 1.28. The number of hydrogen-bond acceptors (Lipinski definition) is 1. The fraction of sp³-hybridized carbons (Fsp3) is 0.846. The molecule has 4 unspecified atom stereocenters. The highest BCUT2D eigenvalue weighted by Gasteiger charge is 2.27. The van der Waals surface area contributed by atoms with Gasteiger partial charge in [-0.2, -0.15) is 0 Å². The van der Waals surface area contributed by atoms with Gasteiger partial charge < -0.3 is 4.74 Å². The maximum absolute atomic E-state index is 6.17. The predicted molar refractivity (Wildman–Crippen MR) is 69.1 cm³/mol. The first-order valence-electron chi connectivity index (χ1n) is 6.30. The van der Waals surface area contributed by atoms with Crippen molar-refractivity contribution >= 4 is 7.85 Å². The molecular formula is C13H25BO. The Bertz CT molecular complexity index is 213. The molecule has 1 rings (SSSR count). The SMILES string of the molecule is BC(C)C1CCCC(C(C)CC(=C)C)O1. The van der Waals surface area contributed by atoms with Crippen LogP contribution in [0.3, 0.4) is 0 Å². The van der Waals surface area contributed by atoms with Crippen molar-refractivity contribution < 1.29 is 4.74 Å². The summed E-state index contributed by atoms with van der Waals surface area (Å²) in [6.07, 6.45) is 5.86. The van der Waals surface area contributed by atoms with Crippen molar-refractivity contribution in [3.8, 4) is 0 Å². The Kier molecular flexibility index (Phi) is 4.91. The zero-order chi connectivity index (χ0) is 11.4. The van der Waals surface area contributed by atoms with Gasteiger partial charge >= 0.3 is 0 Å². The molecule has 0 amide bonds. The Morgan fingerprint density at radius 1 is 1.40 bits per heavy atom. The second kappa shape index (κ2) is 5.74. The van der Waals surface area contributed by atoms with E-state index in [1.807, 2.05) is 0 Å². The van der Waals surface area contributed by atoms with Gasteiger partial charge in [0.2, 0.25) is 0 Å². The van der Waals surface area contributed by atoms with Gasteiger partial charge in [0.25, 0.3) is 0 Å². The molecule has 0 aromatic heterocycles. The summed E-state index contributed by atoms with van der Waals surface area (Å²) >= 11 is 0. The number of allylic oxidation sites excluding steroid dienone is 1. The second-order valence-corrected chi connectivity index (χ2v) is 5.53. The lowest BCUT2D eigenvalue weighted by molar-refractivity contribution is -0.0741. The standard InChI is InChI=1S/C13H25BO/c1-9(2)8-10(3)12-6-5-7-13(15-12)11(4)14/h10-13H,1,5-8,14H2,2-4H3. The average molecular weight is 208 g/mol. The van der Waals surface area contributed by atoms with Gasteiger partial charge in [-0.05, 0) is 44.3 Å². The largest absolute Gasteiger partial charge is 0.375 e. The lowest BCUT2D eigenvalue weighted by atomic mass is 9.79. The average Bonchev–Trinajstić information content (AvgIpc) is 2.17. The molecule has 0 bridgehead atoms. The molecule has 15 heavy (non-hydrogen) atoms. The van der Waals surface area contributed by atoms with Crippen LogP contribution < -0.4 is 0 Å². The monoisotopic (exact) mass is 208 g/mol. The third kappa shape index (κ3) is 4.02. The van der Waals surface area contributed by atoms with E-state index in [1.54, 1.807) is 0 Å². The van der Waals surface area contributed by atoms with Crippen molar-refractivity contribution in [3.05, 3.63) is 12.2 Å². The van der Waals surface area contributed by atoms with E-state index >= 15 is 0 Å². The summed E-state index contributed by atoms with van der Waals surface area (Å²) < 4.78 is 6.17. The van der Waals surface area contributed by atoms with E-state index in [9.17, 15) is 0 Å². The summed E-state index contributed by atoms with van der Waals surface area (Å²) in [5.74, 6) is 1.29. The van der Waals surface area contributed by atoms with Gasteiger partial charge in [0.1, 0.15) is 7.85 Å². The Morgan fingerprint density at radius 3 is 2.53 bits per heavy atom. The van der Waals surface area contributed by atoms with Crippen molar-refractivity contribution in [3.63, 3.8) is 0 Å². The molecule has 0 aliphatic carbocycles. The van der Waals surface area contributed by atoms with Crippen molar-refractivity contribution in [1.82, 2.24) is 0 Å². The third-order valence-corrected chi connectivity index (χ3v) is 3.38. The van der Waals surface area contributed by atoms with Crippen LogP contribution in [0.25, 0.3) is 0 Å². The topological polar surface area (TPSA) is 9.23 Å². The van der Waals surface area contributed by atoms with Gasteiger partial charge in [-0.3, -0.25) is 0 Å². The Balaban J connectivity index is 2.44. The highest BCUT2D eigenvalue weighted by molar-refractivity contribution is 6.11. The van der Waals surface area contributed by atoms with Crippen LogP contribution in [0, 0.1) is 5.92 Å². The smallest absolute Gasteiger partial charge is 0.108 e. The van der Waals surface area contributed by atoms with Gasteiger partial charge in [0.15, 0.2) is 0 Å². The molecule has 1 aliphatic rings. The predicted octanol–water partition coefficient (Wildman–Crippen LogP) is 2.97. The molecule has 1 fully saturated rings. The molecule has 0 saturated carbocycles. The maximum Gasteiger partial charge on any atom is 0.108 e. The van der Waals surface area contributed by atoms with Crippen molar-refractivity contribution in [2.75, 3.05) is 0 Å². The van der Waals surface area contributed by atoms with Crippen LogP contribution in [0.1, 0.15) is 46.5 Å². The minimum absolute atomic E-state index is 0.461. The van der Waals surface area contributed by atoms with Crippen LogP contribution in [0.2, 0.25) is 5.82 Å². The van der Waals surface area contributed by atoms with Gasteiger partial charge in [-0.1, -0.05) is 19.4 Å².